The van der Waals surface area contributed by atoms with E-state index in [2.05, 4.69) is 33.5 Å². The average molecular weight is 427 g/mol. The molecule has 0 bridgehead atoms. The molecule has 1 unspecified atom stereocenters. The van der Waals surface area contributed by atoms with E-state index in [-0.39, 0.29) is 17.2 Å². The van der Waals surface area contributed by atoms with E-state index in [1.54, 1.807) is 7.11 Å². The smallest absolute Gasteiger partial charge is 0.222 e. The normalized spacial score (nSPS) is 20.5. The van der Waals surface area contributed by atoms with Gasteiger partial charge in [0, 0.05) is 50.6 Å². The first-order valence-electron chi connectivity index (χ1n) is 11.4. The zero-order valence-corrected chi connectivity index (χ0v) is 18.9. The Kier molecular flexibility index (Phi) is 6.60. The van der Waals surface area contributed by atoms with Gasteiger partial charge in [-0.1, -0.05) is 26.0 Å². The number of carbonyl (C=O) groups is 1. The standard InChI is InChI=1S/C24H34N4O3/c1-18(2)14-28-17-25-26-23(28)21-15-27(16-24(21)10-12-31-13-11-24)22(29)9-6-19-4-7-20(30-3)8-5-19/h4-5,7-8,17-18,21H,6,9-16H2,1-3H3. The second-order valence-electron chi connectivity index (χ2n) is 9.39. The average Bonchev–Trinajstić information content (AvgIpc) is 3.37. The van der Waals surface area contributed by atoms with Crippen molar-refractivity contribution in [1.29, 1.82) is 0 Å². The van der Waals surface area contributed by atoms with Crippen molar-refractivity contribution in [2.45, 2.75) is 52.0 Å². The lowest BCUT2D eigenvalue weighted by atomic mass is 9.71. The number of hydrogen-bond acceptors (Lipinski definition) is 5. The third-order valence-corrected chi connectivity index (χ3v) is 6.79. The van der Waals surface area contributed by atoms with Crippen molar-refractivity contribution in [3.8, 4) is 5.75 Å². The molecule has 0 N–H and O–H groups in total. The minimum atomic E-state index is 0.0375. The molecule has 2 fully saturated rings. The van der Waals surface area contributed by atoms with Crippen molar-refractivity contribution >= 4 is 5.91 Å². The number of hydrogen-bond donors (Lipinski definition) is 0. The molecular formula is C24H34N4O3. The zero-order chi connectivity index (χ0) is 21.8. The van der Waals surface area contributed by atoms with Gasteiger partial charge in [0.05, 0.1) is 7.11 Å². The largest absolute Gasteiger partial charge is 0.497 e. The molecule has 3 heterocycles. The predicted molar refractivity (Wildman–Crippen MR) is 118 cm³/mol. The van der Waals surface area contributed by atoms with E-state index in [1.165, 1.54) is 0 Å². The Balaban J connectivity index is 1.48. The van der Waals surface area contributed by atoms with Crippen LogP contribution >= 0.6 is 0 Å². The van der Waals surface area contributed by atoms with E-state index in [0.717, 1.165) is 69.2 Å². The van der Waals surface area contributed by atoms with Crippen molar-refractivity contribution in [2.75, 3.05) is 33.4 Å². The highest BCUT2D eigenvalue weighted by Crippen LogP contribution is 2.49. The predicted octanol–water partition coefficient (Wildman–Crippen LogP) is 3.30. The van der Waals surface area contributed by atoms with Crippen LogP contribution in [0.1, 0.15) is 50.4 Å². The van der Waals surface area contributed by atoms with Crippen LogP contribution < -0.4 is 4.74 Å². The molecule has 1 atom stereocenters. The van der Waals surface area contributed by atoms with Gasteiger partial charge in [-0.25, -0.2) is 0 Å². The fourth-order valence-corrected chi connectivity index (χ4v) is 5.07. The zero-order valence-electron chi connectivity index (χ0n) is 18.9. The van der Waals surface area contributed by atoms with Gasteiger partial charge in [-0.3, -0.25) is 4.79 Å². The van der Waals surface area contributed by atoms with Crippen LogP contribution in [0.15, 0.2) is 30.6 Å². The van der Waals surface area contributed by atoms with Gasteiger partial charge in [0.15, 0.2) is 0 Å². The number of methoxy groups -OCH3 is 1. The molecule has 0 radical (unpaired) electrons. The highest BCUT2D eigenvalue weighted by molar-refractivity contribution is 5.77. The van der Waals surface area contributed by atoms with E-state index in [9.17, 15) is 4.79 Å². The second kappa shape index (κ2) is 9.39. The molecule has 1 spiro atoms. The number of benzene rings is 1. The minimum Gasteiger partial charge on any atom is -0.497 e. The van der Waals surface area contributed by atoms with Crippen LogP contribution in [0.4, 0.5) is 0 Å². The lowest BCUT2D eigenvalue weighted by Gasteiger charge is -2.37. The number of carbonyl (C=O) groups excluding carboxylic acids is 1. The second-order valence-corrected chi connectivity index (χ2v) is 9.39. The number of ether oxygens (including phenoxy) is 2. The van der Waals surface area contributed by atoms with E-state index >= 15 is 0 Å². The van der Waals surface area contributed by atoms with Gasteiger partial charge >= 0.3 is 0 Å². The molecule has 2 aliphatic rings. The molecule has 168 valence electrons. The van der Waals surface area contributed by atoms with E-state index in [0.29, 0.717) is 12.3 Å². The molecule has 1 aromatic carbocycles. The van der Waals surface area contributed by atoms with Gasteiger partial charge in [0.1, 0.15) is 17.9 Å². The molecule has 2 aliphatic heterocycles. The van der Waals surface area contributed by atoms with Gasteiger partial charge in [0.25, 0.3) is 0 Å². The maximum Gasteiger partial charge on any atom is 0.222 e. The molecule has 2 saturated heterocycles. The van der Waals surface area contributed by atoms with Gasteiger partial charge in [-0.2, -0.15) is 0 Å². The van der Waals surface area contributed by atoms with E-state index in [1.807, 2.05) is 30.6 Å². The van der Waals surface area contributed by atoms with Crippen LogP contribution in [0.2, 0.25) is 0 Å². The summed E-state index contributed by atoms with van der Waals surface area (Å²) in [6.45, 7) is 8.33. The number of aryl methyl sites for hydroxylation is 1. The molecular weight excluding hydrogens is 392 g/mol. The third-order valence-electron chi connectivity index (χ3n) is 6.79. The van der Waals surface area contributed by atoms with Crippen LogP contribution in [-0.4, -0.2) is 59.0 Å². The highest BCUT2D eigenvalue weighted by atomic mass is 16.5. The Bertz CT molecular complexity index is 871. The van der Waals surface area contributed by atoms with Gasteiger partial charge < -0.3 is 18.9 Å². The van der Waals surface area contributed by atoms with Crippen molar-refractivity contribution in [3.63, 3.8) is 0 Å². The first-order valence-corrected chi connectivity index (χ1v) is 11.4. The summed E-state index contributed by atoms with van der Waals surface area (Å²) in [5.41, 5.74) is 1.19. The SMILES string of the molecule is COc1ccc(CCC(=O)N2CC(c3nncn3CC(C)C)C3(CCOCC3)C2)cc1. The molecule has 1 aromatic heterocycles. The van der Waals surface area contributed by atoms with Gasteiger partial charge in [0.2, 0.25) is 5.91 Å². The maximum absolute atomic E-state index is 13.2. The highest BCUT2D eigenvalue weighted by Gasteiger charge is 2.50. The Labute approximate surface area is 184 Å². The van der Waals surface area contributed by atoms with Gasteiger partial charge in [-0.15, -0.1) is 10.2 Å². The summed E-state index contributed by atoms with van der Waals surface area (Å²) in [6, 6.07) is 7.97. The van der Waals surface area contributed by atoms with Crippen molar-refractivity contribution < 1.29 is 14.3 Å². The van der Waals surface area contributed by atoms with Crippen molar-refractivity contribution in [2.24, 2.45) is 11.3 Å². The van der Waals surface area contributed by atoms with E-state index in [4.69, 9.17) is 9.47 Å². The number of amides is 1. The topological polar surface area (TPSA) is 69.5 Å². The number of aromatic nitrogens is 3. The van der Waals surface area contributed by atoms with Crippen molar-refractivity contribution in [1.82, 2.24) is 19.7 Å². The fourth-order valence-electron chi connectivity index (χ4n) is 5.07. The summed E-state index contributed by atoms with van der Waals surface area (Å²) in [5, 5.41) is 8.75. The van der Waals surface area contributed by atoms with Gasteiger partial charge in [-0.05, 0) is 42.9 Å². The minimum absolute atomic E-state index is 0.0375. The molecule has 4 rings (SSSR count). The van der Waals surface area contributed by atoms with Crippen LogP contribution in [-0.2, 0) is 22.5 Å². The third kappa shape index (κ3) is 4.76. The first-order chi connectivity index (χ1) is 15.0. The first kappa shape index (κ1) is 21.8. The summed E-state index contributed by atoms with van der Waals surface area (Å²) >= 11 is 0. The summed E-state index contributed by atoms with van der Waals surface area (Å²) in [6.07, 6.45) is 5.04. The van der Waals surface area contributed by atoms with Crippen molar-refractivity contribution in [3.05, 3.63) is 42.0 Å². The van der Waals surface area contributed by atoms with Crippen LogP contribution in [0.25, 0.3) is 0 Å². The summed E-state index contributed by atoms with van der Waals surface area (Å²) < 4.78 is 13.1. The van der Waals surface area contributed by atoms with E-state index < -0.39 is 0 Å². The Morgan fingerprint density at radius 1 is 1.26 bits per heavy atom. The summed E-state index contributed by atoms with van der Waals surface area (Å²) in [7, 11) is 1.66. The summed E-state index contributed by atoms with van der Waals surface area (Å²) in [4.78, 5) is 15.2. The fraction of sp³-hybridized carbons (Fsp3) is 0.625. The van der Waals surface area contributed by atoms with Crippen LogP contribution in [0.5, 0.6) is 5.75 Å². The maximum atomic E-state index is 13.2. The number of rotatable bonds is 7. The molecule has 7 heteroatoms. The Morgan fingerprint density at radius 2 is 2.00 bits per heavy atom. The lowest BCUT2D eigenvalue weighted by Crippen LogP contribution is -2.38. The molecule has 0 saturated carbocycles. The monoisotopic (exact) mass is 426 g/mol. The molecule has 0 aliphatic carbocycles. The molecule has 1 amide bonds. The molecule has 2 aromatic rings. The van der Waals surface area contributed by atoms with Crippen LogP contribution in [0, 0.1) is 11.3 Å². The molecule has 7 nitrogen and oxygen atoms in total. The Morgan fingerprint density at radius 3 is 2.68 bits per heavy atom. The number of likely N-dealkylation sites (tertiary alicyclic amines) is 1. The lowest BCUT2D eigenvalue weighted by molar-refractivity contribution is -0.130. The summed E-state index contributed by atoms with van der Waals surface area (Å²) in [5.74, 6) is 2.82. The quantitative estimate of drug-likeness (QED) is 0.679. The molecule has 31 heavy (non-hydrogen) atoms. The van der Waals surface area contributed by atoms with Crippen LogP contribution in [0.3, 0.4) is 0 Å². The number of nitrogens with zero attached hydrogens (tertiary/aromatic N) is 4. The Hall–Kier alpha value is -2.41.